The summed E-state index contributed by atoms with van der Waals surface area (Å²) in [4.78, 5) is -0.384. The van der Waals surface area contributed by atoms with Gasteiger partial charge in [-0.2, -0.15) is 0 Å². The Bertz CT molecular complexity index is 652. The van der Waals surface area contributed by atoms with Gasteiger partial charge in [-0.25, -0.2) is 17.5 Å². The Kier molecular flexibility index (Phi) is 3.44. The van der Waals surface area contributed by atoms with Crippen LogP contribution in [-0.4, -0.2) is 13.6 Å². The number of aryl methyl sites for hydroxylation is 1. The Balaban J connectivity index is 2.16. The first-order chi connectivity index (χ1) is 8.49. The molecule has 0 aliphatic carbocycles. The molecule has 96 valence electrons. The molecule has 2 rings (SSSR count). The van der Waals surface area contributed by atoms with Gasteiger partial charge in [0.2, 0.25) is 10.0 Å². The van der Waals surface area contributed by atoms with Crippen molar-refractivity contribution in [3.8, 4) is 0 Å². The van der Waals surface area contributed by atoms with Crippen molar-refractivity contribution >= 4 is 10.0 Å². The van der Waals surface area contributed by atoms with E-state index in [2.05, 4.69) is 9.88 Å². The van der Waals surface area contributed by atoms with Gasteiger partial charge in [-0.15, -0.1) is 0 Å². The van der Waals surface area contributed by atoms with Gasteiger partial charge >= 0.3 is 0 Å². The topological polar surface area (TPSA) is 72.2 Å². The average molecular weight is 270 g/mol. The van der Waals surface area contributed by atoms with E-state index >= 15 is 0 Å². The molecule has 0 amide bonds. The molecule has 0 saturated heterocycles. The first kappa shape index (κ1) is 12.7. The lowest BCUT2D eigenvalue weighted by molar-refractivity contribution is 0.390. The van der Waals surface area contributed by atoms with Crippen LogP contribution >= 0.6 is 0 Å². The molecule has 1 aromatic heterocycles. The fourth-order valence-corrected chi connectivity index (χ4v) is 2.49. The maximum atomic E-state index is 13.4. The highest BCUT2D eigenvalue weighted by molar-refractivity contribution is 7.89. The first-order valence-electron chi connectivity index (χ1n) is 5.15. The van der Waals surface area contributed by atoms with Gasteiger partial charge < -0.3 is 4.52 Å². The second-order valence-electron chi connectivity index (χ2n) is 3.68. The summed E-state index contributed by atoms with van der Waals surface area (Å²) in [5, 5.41) is 3.64. The molecule has 5 nitrogen and oxygen atoms in total. The molecule has 0 atom stereocenters. The lowest BCUT2D eigenvalue weighted by Gasteiger charge is -2.05. The average Bonchev–Trinajstić information content (AvgIpc) is 2.73. The molecule has 0 bridgehead atoms. The molecule has 1 N–H and O–H groups in total. The molecule has 0 aliphatic rings. The molecule has 1 heterocycles. The molecule has 0 aliphatic heterocycles. The number of aromatic nitrogens is 1. The fourth-order valence-electron chi connectivity index (χ4n) is 1.41. The Morgan fingerprint density at radius 2 is 2.11 bits per heavy atom. The fraction of sp³-hybridized carbons (Fsp3) is 0.182. The highest BCUT2D eigenvalue weighted by atomic mass is 32.2. The predicted octanol–water partition coefficient (Wildman–Crippen LogP) is 1.60. The normalized spacial score (nSPS) is 11.7. The van der Waals surface area contributed by atoms with Crippen molar-refractivity contribution in [2.75, 3.05) is 0 Å². The van der Waals surface area contributed by atoms with Crippen LogP contribution in [0.1, 0.15) is 11.5 Å². The summed E-state index contributed by atoms with van der Waals surface area (Å²) in [6, 6.07) is 6.78. The minimum absolute atomic E-state index is 0.0476. The molecule has 18 heavy (non-hydrogen) atoms. The first-order valence-corrected chi connectivity index (χ1v) is 6.64. The van der Waals surface area contributed by atoms with Crippen molar-refractivity contribution < 1.29 is 17.3 Å². The van der Waals surface area contributed by atoms with Gasteiger partial charge in [0.15, 0.2) is 0 Å². The van der Waals surface area contributed by atoms with Crippen LogP contribution in [0.3, 0.4) is 0 Å². The van der Waals surface area contributed by atoms with Crippen molar-refractivity contribution in [3.63, 3.8) is 0 Å². The number of rotatable bonds is 4. The minimum atomic E-state index is -3.89. The van der Waals surface area contributed by atoms with Crippen LogP contribution in [0.4, 0.5) is 4.39 Å². The molecule has 1 aromatic carbocycles. The quantitative estimate of drug-likeness (QED) is 0.916. The smallest absolute Gasteiger partial charge is 0.243 e. The van der Waals surface area contributed by atoms with E-state index in [0.29, 0.717) is 11.5 Å². The molecule has 0 spiro atoms. The van der Waals surface area contributed by atoms with E-state index in [4.69, 9.17) is 4.52 Å². The highest BCUT2D eigenvalue weighted by Crippen LogP contribution is 2.13. The van der Waals surface area contributed by atoms with Crippen molar-refractivity contribution in [1.82, 2.24) is 9.88 Å². The second kappa shape index (κ2) is 4.87. The zero-order valence-electron chi connectivity index (χ0n) is 9.55. The maximum Gasteiger partial charge on any atom is 0.243 e. The van der Waals surface area contributed by atoms with Gasteiger partial charge in [0.1, 0.15) is 16.5 Å². The summed E-state index contributed by atoms with van der Waals surface area (Å²) in [6.45, 7) is 1.65. The van der Waals surface area contributed by atoms with Gasteiger partial charge in [0.05, 0.1) is 12.2 Å². The molecule has 7 heteroatoms. The third kappa shape index (κ3) is 2.74. The van der Waals surface area contributed by atoms with E-state index < -0.39 is 15.8 Å². The predicted molar refractivity (Wildman–Crippen MR) is 61.7 cm³/mol. The Morgan fingerprint density at radius 3 is 2.72 bits per heavy atom. The van der Waals surface area contributed by atoms with Gasteiger partial charge in [0.25, 0.3) is 0 Å². The Hall–Kier alpha value is -1.73. The molecule has 0 radical (unpaired) electrons. The van der Waals surface area contributed by atoms with Gasteiger partial charge in [0, 0.05) is 6.07 Å². The summed E-state index contributed by atoms with van der Waals surface area (Å²) >= 11 is 0. The van der Waals surface area contributed by atoms with Gasteiger partial charge in [-0.3, -0.25) is 0 Å². The monoisotopic (exact) mass is 270 g/mol. The third-order valence-electron chi connectivity index (χ3n) is 2.25. The van der Waals surface area contributed by atoms with Gasteiger partial charge in [-0.05, 0) is 19.1 Å². The van der Waals surface area contributed by atoms with Crippen LogP contribution in [0.15, 0.2) is 39.8 Å². The standard InChI is InChI=1S/C11H11FN2O3S/c1-8-6-9(14-17-8)7-13-18(15,16)11-5-3-2-4-10(11)12/h2-6,13H,7H2,1H3. The zero-order valence-corrected chi connectivity index (χ0v) is 10.4. The van der Waals surface area contributed by atoms with Crippen molar-refractivity contribution in [3.05, 3.63) is 47.6 Å². The number of nitrogens with one attached hydrogen (secondary N) is 1. The number of hydrogen-bond donors (Lipinski definition) is 1. The zero-order chi connectivity index (χ0) is 13.2. The number of hydrogen-bond acceptors (Lipinski definition) is 4. The van der Waals surface area contributed by atoms with Crippen molar-refractivity contribution in [2.24, 2.45) is 0 Å². The Morgan fingerprint density at radius 1 is 1.39 bits per heavy atom. The molecule has 0 fully saturated rings. The van der Waals surface area contributed by atoms with E-state index in [0.717, 1.165) is 6.07 Å². The van der Waals surface area contributed by atoms with E-state index in [1.54, 1.807) is 13.0 Å². The summed E-state index contributed by atoms with van der Waals surface area (Å²) in [5.41, 5.74) is 0.437. The molecular weight excluding hydrogens is 259 g/mol. The van der Waals surface area contributed by atoms with Crippen molar-refractivity contribution in [1.29, 1.82) is 0 Å². The number of nitrogens with zero attached hydrogens (tertiary/aromatic N) is 1. The van der Waals surface area contributed by atoms with E-state index in [9.17, 15) is 12.8 Å². The van der Waals surface area contributed by atoms with Crippen LogP contribution in [0.25, 0.3) is 0 Å². The van der Waals surface area contributed by atoms with Crippen molar-refractivity contribution in [2.45, 2.75) is 18.4 Å². The van der Waals surface area contributed by atoms with Crippen LogP contribution in [0.2, 0.25) is 0 Å². The Labute approximate surface area is 104 Å². The summed E-state index contributed by atoms with van der Waals surface area (Å²) < 4.78 is 44.1. The highest BCUT2D eigenvalue weighted by Gasteiger charge is 2.18. The van der Waals surface area contributed by atoms with E-state index in [-0.39, 0.29) is 11.4 Å². The van der Waals surface area contributed by atoms with E-state index in [1.165, 1.54) is 18.2 Å². The number of halogens is 1. The second-order valence-corrected chi connectivity index (χ2v) is 5.42. The van der Waals surface area contributed by atoms with Crippen LogP contribution < -0.4 is 4.72 Å². The SMILES string of the molecule is Cc1cc(CNS(=O)(=O)c2ccccc2F)no1. The minimum Gasteiger partial charge on any atom is -0.361 e. The van der Waals surface area contributed by atoms with Crippen LogP contribution in [0.5, 0.6) is 0 Å². The lowest BCUT2D eigenvalue weighted by Crippen LogP contribution is -2.24. The van der Waals surface area contributed by atoms with Crippen LogP contribution in [0, 0.1) is 12.7 Å². The number of sulfonamides is 1. The molecule has 2 aromatic rings. The van der Waals surface area contributed by atoms with E-state index in [1.807, 2.05) is 0 Å². The summed E-state index contributed by atoms with van der Waals surface area (Å²) in [7, 11) is -3.89. The summed E-state index contributed by atoms with van der Waals surface area (Å²) in [5.74, 6) is -0.212. The van der Waals surface area contributed by atoms with Gasteiger partial charge in [-0.1, -0.05) is 17.3 Å². The molecular formula is C11H11FN2O3S. The molecule has 0 unspecified atom stereocenters. The third-order valence-corrected chi connectivity index (χ3v) is 3.68. The number of benzene rings is 1. The van der Waals surface area contributed by atoms with Crippen LogP contribution in [-0.2, 0) is 16.6 Å². The lowest BCUT2D eigenvalue weighted by atomic mass is 10.3. The summed E-state index contributed by atoms with van der Waals surface area (Å²) in [6.07, 6.45) is 0. The molecule has 0 saturated carbocycles. The largest absolute Gasteiger partial charge is 0.361 e. The maximum absolute atomic E-state index is 13.4.